The summed E-state index contributed by atoms with van der Waals surface area (Å²) in [4.78, 5) is 15.8. The van der Waals surface area contributed by atoms with Gasteiger partial charge in [0.15, 0.2) is 0 Å². The Morgan fingerprint density at radius 2 is 2.38 bits per heavy atom. The first-order chi connectivity index (χ1) is 10.2. The molecule has 1 aliphatic rings. The van der Waals surface area contributed by atoms with Crippen molar-refractivity contribution in [1.82, 2.24) is 4.90 Å². The Bertz CT molecular complexity index is 584. The number of amides is 1. The van der Waals surface area contributed by atoms with Crippen molar-refractivity contribution in [3.8, 4) is 0 Å². The van der Waals surface area contributed by atoms with Crippen LogP contribution in [0.25, 0.3) is 0 Å². The smallest absolute Gasteiger partial charge is 0.257 e. The zero-order valence-corrected chi connectivity index (χ0v) is 12.9. The average Bonchev–Trinajstić information content (AvgIpc) is 3.19. The van der Waals surface area contributed by atoms with Crippen molar-refractivity contribution in [1.29, 1.82) is 0 Å². The maximum absolute atomic E-state index is 12.8. The highest BCUT2D eigenvalue weighted by Gasteiger charge is 2.25. The lowest BCUT2D eigenvalue weighted by Gasteiger charge is -2.25. The van der Waals surface area contributed by atoms with E-state index in [1.165, 1.54) is 4.88 Å². The summed E-state index contributed by atoms with van der Waals surface area (Å²) in [6.07, 6.45) is 3.83. The van der Waals surface area contributed by atoms with Crippen LogP contribution in [0.3, 0.4) is 0 Å². The number of hydrogen-bond acceptors (Lipinski definition) is 4. The van der Waals surface area contributed by atoms with Crippen LogP contribution in [0, 0.1) is 6.92 Å². The lowest BCUT2D eigenvalue weighted by atomic mass is 10.2. The first-order valence-corrected chi connectivity index (χ1v) is 8.09. The zero-order chi connectivity index (χ0) is 14.7. The van der Waals surface area contributed by atoms with Crippen LogP contribution in [0.5, 0.6) is 0 Å². The van der Waals surface area contributed by atoms with Crippen molar-refractivity contribution in [3.63, 3.8) is 0 Å². The number of aryl methyl sites for hydroxylation is 1. The molecular formula is C16H19NO3S. The normalized spacial score (nSPS) is 18.0. The molecule has 1 fully saturated rings. The Morgan fingerprint density at radius 1 is 1.48 bits per heavy atom. The first-order valence-electron chi connectivity index (χ1n) is 7.21. The van der Waals surface area contributed by atoms with Gasteiger partial charge in [-0.3, -0.25) is 4.79 Å². The Kier molecular flexibility index (Phi) is 4.41. The van der Waals surface area contributed by atoms with Crippen molar-refractivity contribution in [2.24, 2.45) is 0 Å². The molecule has 1 amide bonds. The molecule has 1 aliphatic heterocycles. The van der Waals surface area contributed by atoms with Crippen LogP contribution in [0.1, 0.15) is 33.8 Å². The van der Waals surface area contributed by atoms with E-state index in [1.807, 2.05) is 23.3 Å². The Morgan fingerprint density at radius 3 is 3.00 bits per heavy atom. The van der Waals surface area contributed by atoms with Gasteiger partial charge < -0.3 is 14.1 Å². The monoisotopic (exact) mass is 305 g/mol. The van der Waals surface area contributed by atoms with Crippen LogP contribution in [0.15, 0.2) is 34.3 Å². The van der Waals surface area contributed by atoms with Crippen molar-refractivity contribution >= 4 is 17.2 Å². The van der Waals surface area contributed by atoms with E-state index in [0.29, 0.717) is 24.4 Å². The number of carbonyl (C=O) groups is 1. The molecule has 4 nitrogen and oxygen atoms in total. The summed E-state index contributed by atoms with van der Waals surface area (Å²) in [7, 11) is 0. The maximum Gasteiger partial charge on any atom is 0.257 e. The number of furan rings is 1. The minimum Gasteiger partial charge on any atom is -0.469 e. The Labute approximate surface area is 128 Å². The molecule has 1 saturated heterocycles. The second-order valence-corrected chi connectivity index (χ2v) is 6.32. The van der Waals surface area contributed by atoms with E-state index in [0.717, 1.165) is 19.4 Å². The van der Waals surface area contributed by atoms with E-state index in [2.05, 4.69) is 6.07 Å². The number of carbonyl (C=O) groups excluding carboxylic acids is 1. The maximum atomic E-state index is 12.8. The summed E-state index contributed by atoms with van der Waals surface area (Å²) in [5, 5.41) is 2.03. The van der Waals surface area contributed by atoms with E-state index in [1.54, 1.807) is 23.7 Å². The van der Waals surface area contributed by atoms with Gasteiger partial charge in [0.1, 0.15) is 5.76 Å². The molecule has 3 rings (SSSR count). The van der Waals surface area contributed by atoms with Gasteiger partial charge in [0, 0.05) is 18.0 Å². The van der Waals surface area contributed by atoms with Crippen LogP contribution in [-0.4, -0.2) is 30.1 Å². The highest BCUT2D eigenvalue weighted by molar-refractivity contribution is 7.09. The summed E-state index contributed by atoms with van der Waals surface area (Å²) in [5.41, 5.74) is 0.643. The predicted molar refractivity (Wildman–Crippen MR) is 81.5 cm³/mol. The summed E-state index contributed by atoms with van der Waals surface area (Å²) in [5.74, 6) is 0.689. The molecule has 0 saturated carbocycles. The fraction of sp³-hybridized carbons (Fsp3) is 0.438. The third-order valence-corrected chi connectivity index (χ3v) is 4.61. The molecule has 0 aliphatic carbocycles. The topological polar surface area (TPSA) is 42.7 Å². The van der Waals surface area contributed by atoms with Gasteiger partial charge in [-0.2, -0.15) is 0 Å². The Hall–Kier alpha value is -1.59. The SMILES string of the molecule is Cc1occc1C(=O)N(Cc1cccs1)CC1CCCO1. The van der Waals surface area contributed by atoms with Gasteiger partial charge in [-0.15, -0.1) is 11.3 Å². The van der Waals surface area contributed by atoms with Gasteiger partial charge in [0.05, 0.1) is 24.5 Å². The van der Waals surface area contributed by atoms with Gasteiger partial charge in [0.25, 0.3) is 5.91 Å². The van der Waals surface area contributed by atoms with Crippen molar-refractivity contribution in [3.05, 3.63) is 46.0 Å². The van der Waals surface area contributed by atoms with E-state index in [-0.39, 0.29) is 12.0 Å². The van der Waals surface area contributed by atoms with Gasteiger partial charge in [-0.25, -0.2) is 0 Å². The molecule has 2 aromatic rings. The molecule has 0 bridgehead atoms. The largest absolute Gasteiger partial charge is 0.469 e. The van der Waals surface area contributed by atoms with Crippen molar-refractivity contribution in [2.75, 3.05) is 13.2 Å². The molecule has 112 valence electrons. The lowest BCUT2D eigenvalue weighted by Crippen LogP contribution is -2.36. The van der Waals surface area contributed by atoms with Gasteiger partial charge in [-0.1, -0.05) is 6.07 Å². The van der Waals surface area contributed by atoms with Crippen LogP contribution >= 0.6 is 11.3 Å². The molecule has 0 aromatic carbocycles. The molecule has 1 atom stereocenters. The lowest BCUT2D eigenvalue weighted by molar-refractivity contribution is 0.0508. The first kappa shape index (κ1) is 14.4. The minimum absolute atomic E-state index is 0.0187. The van der Waals surface area contributed by atoms with Crippen LogP contribution < -0.4 is 0 Å². The molecule has 21 heavy (non-hydrogen) atoms. The number of hydrogen-bond donors (Lipinski definition) is 0. The quantitative estimate of drug-likeness (QED) is 0.849. The molecule has 0 spiro atoms. The molecular weight excluding hydrogens is 286 g/mol. The van der Waals surface area contributed by atoms with Gasteiger partial charge >= 0.3 is 0 Å². The Balaban J connectivity index is 1.77. The highest BCUT2D eigenvalue weighted by Crippen LogP contribution is 2.20. The van der Waals surface area contributed by atoms with Gasteiger partial charge in [-0.05, 0) is 37.3 Å². The number of ether oxygens (including phenoxy) is 1. The van der Waals surface area contributed by atoms with E-state index < -0.39 is 0 Å². The predicted octanol–water partition coefficient (Wildman–Crippen LogP) is 3.47. The van der Waals surface area contributed by atoms with E-state index in [9.17, 15) is 4.79 Å². The number of nitrogens with zero attached hydrogens (tertiary/aromatic N) is 1. The fourth-order valence-electron chi connectivity index (χ4n) is 2.62. The molecule has 3 heterocycles. The standard InChI is InChI=1S/C16H19NO3S/c1-12-15(6-8-19-12)16(18)17(10-13-4-2-7-20-13)11-14-5-3-9-21-14/h3,5-6,8-9,13H,2,4,7,10-11H2,1H3. The number of thiophene rings is 1. The average molecular weight is 305 g/mol. The van der Waals surface area contributed by atoms with Gasteiger partial charge in [0.2, 0.25) is 0 Å². The van der Waals surface area contributed by atoms with Crippen LogP contribution in [-0.2, 0) is 11.3 Å². The summed E-state index contributed by atoms with van der Waals surface area (Å²) >= 11 is 1.67. The van der Waals surface area contributed by atoms with Crippen LogP contribution in [0.4, 0.5) is 0 Å². The summed E-state index contributed by atoms with van der Waals surface area (Å²) in [6.45, 7) is 3.89. The molecule has 0 radical (unpaired) electrons. The third-order valence-electron chi connectivity index (χ3n) is 3.75. The second-order valence-electron chi connectivity index (χ2n) is 5.29. The minimum atomic E-state index is 0.0187. The molecule has 0 N–H and O–H groups in total. The molecule has 5 heteroatoms. The fourth-order valence-corrected chi connectivity index (χ4v) is 3.34. The highest BCUT2D eigenvalue weighted by atomic mass is 32.1. The molecule has 1 unspecified atom stereocenters. The second kappa shape index (κ2) is 6.45. The van der Waals surface area contributed by atoms with E-state index >= 15 is 0 Å². The summed E-state index contributed by atoms with van der Waals surface area (Å²) in [6, 6.07) is 5.81. The van der Waals surface area contributed by atoms with Crippen molar-refractivity contribution < 1.29 is 13.9 Å². The third kappa shape index (κ3) is 3.36. The van der Waals surface area contributed by atoms with Crippen molar-refractivity contribution in [2.45, 2.75) is 32.4 Å². The van der Waals surface area contributed by atoms with E-state index in [4.69, 9.17) is 9.15 Å². The zero-order valence-electron chi connectivity index (χ0n) is 12.1. The summed E-state index contributed by atoms with van der Waals surface area (Å²) < 4.78 is 11.0. The van der Waals surface area contributed by atoms with Crippen LogP contribution in [0.2, 0.25) is 0 Å². The number of rotatable bonds is 5. The molecule has 2 aromatic heterocycles.